The van der Waals surface area contributed by atoms with Crippen LogP contribution in [-0.4, -0.2) is 5.91 Å². The van der Waals surface area contributed by atoms with Gasteiger partial charge >= 0.3 is 0 Å². The zero-order valence-corrected chi connectivity index (χ0v) is 10.8. The van der Waals surface area contributed by atoms with Crippen molar-refractivity contribution in [2.45, 2.75) is 25.3 Å². The number of carbonyl (C=O) groups excluding carboxylic acids is 1. The summed E-state index contributed by atoms with van der Waals surface area (Å²) in [5.74, 6) is 0.0160. The summed E-state index contributed by atoms with van der Waals surface area (Å²) in [6, 6.07) is 18.0. The summed E-state index contributed by atoms with van der Waals surface area (Å²) >= 11 is 0. The van der Waals surface area contributed by atoms with Crippen molar-refractivity contribution in [2.24, 2.45) is 0 Å². The average molecular weight is 251 g/mol. The Balaban J connectivity index is 1.80. The molecule has 0 saturated carbocycles. The molecule has 1 amide bonds. The second kappa shape index (κ2) is 5.27. The molecule has 96 valence electrons. The van der Waals surface area contributed by atoms with Crippen LogP contribution in [0.1, 0.15) is 40.4 Å². The highest BCUT2D eigenvalue weighted by Crippen LogP contribution is 2.29. The molecule has 0 aromatic heterocycles. The number of benzene rings is 2. The van der Waals surface area contributed by atoms with E-state index in [1.165, 1.54) is 11.1 Å². The van der Waals surface area contributed by atoms with Crippen LogP contribution in [0.2, 0.25) is 0 Å². The number of hydrogen-bond donors (Lipinski definition) is 1. The van der Waals surface area contributed by atoms with Gasteiger partial charge in [-0.25, -0.2) is 0 Å². The van der Waals surface area contributed by atoms with Crippen LogP contribution in [0.15, 0.2) is 54.6 Å². The maximum Gasteiger partial charge on any atom is 0.251 e. The summed E-state index contributed by atoms with van der Waals surface area (Å²) in [7, 11) is 0. The monoisotopic (exact) mass is 251 g/mol. The lowest BCUT2D eigenvalue weighted by Gasteiger charge is -2.26. The first-order chi connectivity index (χ1) is 9.34. The Hall–Kier alpha value is -2.09. The van der Waals surface area contributed by atoms with E-state index in [-0.39, 0.29) is 11.9 Å². The van der Waals surface area contributed by atoms with Crippen molar-refractivity contribution in [1.29, 1.82) is 0 Å². The third kappa shape index (κ3) is 2.53. The Labute approximate surface area is 113 Å². The Morgan fingerprint density at radius 3 is 2.58 bits per heavy atom. The first-order valence-corrected chi connectivity index (χ1v) is 6.78. The lowest BCUT2D eigenvalue weighted by molar-refractivity contribution is 0.0933. The number of aryl methyl sites for hydroxylation is 1. The van der Waals surface area contributed by atoms with Crippen molar-refractivity contribution in [1.82, 2.24) is 5.32 Å². The lowest BCUT2D eigenvalue weighted by Crippen LogP contribution is -2.30. The van der Waals surface area contributed by atoms with Crippen molar-refractivity contribution in [3.8, 4) is 0 Å². The molecule has 2 heteroatoms. The molecule has 0 fully saturated rings. The summed E-state index contributed by atoms with van der Waals surface area (Å²) < 4.78 is 0. The largest absolute Gasteiger partial charge is 0.345 e. The minimum Gasteiger partial charge on any atom is -0.345 e. The minimum absolute atomic E-state index is 0.0160. The molecular weight excluding hydrogens is 234 g/mol. The summed E-state index contributed by atoms with van der Waals surface area (Å²) in [5, 5.41) is 3.15. The van der Waals surface area contributed by atoms with Gasteiger partial charge in [-0.05, 0) is 42.5 Å². The van der Waals surface area contributed by atoms with Crippen LogP contribution < -0.4 is 5.32 Å². The van der Waals surface area contributed by atoms with Crippen LogP contribution in [-0.2, 0) is 6.42 Å². The van der Waals surface area contributed by atoms with Gasteiger partial charge in [-0.1, -0.05) is 42.5 Å². The van der Waals surface area contributed by atoms with E-state index in [1.54, 1.807) is 0 Å². The molecule has 2 aromatic carbocycles. The highest BCUT2D eigenvalue weighted by atomic mass is 16.1. The Kier molecular flexibility index (Phi) is 3.32. The Morgan fingerprint density at radius 1 is 1.00 bits per heavy atom. The molecule has 2 aromatic rings. The first kappa shape index (κ1) is 12.0. The molecule has 0 unspecified atom stereocenters. The van der Waals surface area contributed by atoms with Gasteiger partial charge in [0.2, 0.25) is 0 Å². The van der Waals surface area contributed by atoms with E-state index < -0.39 is 0 Å². The van der Waals surface area contributed by atoms with E-state index in [2.05, 4.69) is 23.5 Å². The molecule has 0 heterocycles. The predicted octanol–water partition coefficient (Wildman–Crippen LogP) is 3.49. The molecule has 0 saturated heterocycles. The molecule has 19 heavy (non-hydrogen) atoms. The third-order valence-corrected chi connectivity index (χ3v) is 3.71. The molecule has 3 rings (SSSR count). The van der Waals surface area contributed by atoms with Gasteiger partial charge in [0.05, 0.1) is 6.04 Å². The van der Waals surface area contributed by atoms with Gasteiger partial charge in [-0.15, -0.1) is 0 Å². The molecule has 1 aliphatic rings. The van der Waals surface area contributed by atoms with Crippen LogP contribution in [0, 0.1) is 0 Å². The van der Waals surface area contributed by atoms with E-state index in [9.17, 15) is 4.79 Å². The molecule has 0 bridgehead atoms. The average Bonchev–Trinajstić information content (AvgIpc) is 2.48. The molecule has 2 nitrogen and oxygen atoms in total. The number of hydrogen-bond acceptors (Lipinski definition) is 1. The van der Waals surface area contributed by atoms with Crippen LogP contribution >= 0.6 is 0 Å². The molecule has 1 atom stereocenters. The van der Waals surface area contributed by atoms with E-state index in [0.29, 0.717) is 0 Å². The zero-order chi connectivity index (χ0) is 13.1. The minimum atomic E-state index is 0.0160. The standard InChI is InChI=1S/C17H17NO/c19-17(14-8-2-1-3-9-14)18-16-12-6-10-13-7-4-5-11-15(13)16/h1-5,7-9,11,16H,6,10,12H2,(H,18,19)/t16-/m1/s1. The topological polar surface area (TPSA) is 29.1 Å². The fourth-order valence-electron chi connectivity index (χ4n) is 2.73. The van der Waals surface area contributed by atoms with Crippen LogP contribution in [0.3, 0.4) is 0 Å². The molecule has 0 spiro atoms. The smallest absolute Gasteiger partial charge is 0.251 e. The van der Waals surface area contributed by atoms with Crippen LogP contribution in [0.4, 0.5) is 0 Å². The number of amides is 1. The van der Waals surface area contributed by atoms with Gasteiger partial charge in [0, 0.05) is 5.56 Å². The van der Waals surface area contributed by atoms with Gasteiger partial charge in [0.1, 0.15) is 0 Å². The van der Waals surface area contributed by atoms with Gasteiger partial charge in [-0.3, -0.25) is 4.79 Å². The summed E-state index contributed by atoms with van der Waals surface area (Å²) in [6.07, 6.45) is 3.28. The van der Waals surface area contributed by atoms with Crippen LogP contribution in [0.5, 0.6) is 0 Å². The first-order valence-electron chi connectivity index (χ1n) is 6.78. The molecule has 0 aliphatic heterocycles. The molecular formula is C17H17NO. The molecule has 0 radical (unpaired) electrons. The Morgan fingerprint density at radius 2 is 1.74 bits per heavy atom. The second-order valence-electron chi connectivity index (χ2n) is 4.98. The second-order valence-corrected chi connectivity index (χ2v) is 4.98. The van der Waals surface area contributed by atoms with Gasteiger partial charge in [0.25, 0.3) is 5.91 Å². The normalized spacial score (nSPS) is 17.6. The number of carbonyl (C=O) groups is 1. The number of rotatable bonds is 2. The molecule has 1 N–H and O–H groups in total. The molecule has 1 aliphatic carbocycles. The summed E-state index contributed by atoms with van der Waals surface area (Å²) in [4.78, 5) is 12.2. The van der Waals surface area contributed by atoms with E-state index in [0.717, 1.165) is 24.8 Å². The highest BCUT2D eigenvalue weighted by Gasteiger charge is 2.21. The highest BCUT2D eigenvalue weighted by molar-refractivity contribution is 5.94. The van der Waals surface area contributed by atoms with Gasteiger partial charge in [-0.2, -0.15) is 0 Å². The SMILES string of the molecule is O=C(N[C@@H]1CCCc2ccccc21)c1ccccc1. The van der Waals surface area contributed by atoms with E-state index in [1.807, 2.05) is 36.4 Å². The quantitative estimate of drug-likeness (QED) is 0.869. The van der Waals surface area contributed by atoms with Crippen molar-refractivity contribution < 1.29 is 4.79 Å². The third-order valence-electron chi connectivity index (χ3n) is 3.71. The maximum atomic E-state index is 12.2. The van der Waals surface area contributed by atoms with Crippen molar-refractivity contribution >= 4 is 5.91 Å². The summed E-state index contributed by atoms with van der Waals surface area (Å²) in [6.45, 7) is 0. The lowest BCUT2D eigenvalue weighted by atomic mass is 9.87. The number of fused-ring (bicyclic) bond motifs is 1. The Bertz CT molecular complexity index is 577. The van der Waals surface area contributed by atoms with E-state index in [4.69, 9.17) is 0 Å². The van der Waals surface area contributed by atoms with Crippen molar-refractivity contribution in [2.75, 3.05) is 0 Å². The van der Waals surface area contributed by atoms with Gasteiger partial charge < -0.3 is 5.32 Å². The fraction of sp³-hybridized carbons (Fsp3) is 0.235. The number of nitrogens with one attached hydrogen (secondary N) is 1. The van der Waals surface area contributed by atoms with Crippen molar-refractivity contribution in [3.63, 3.8) is 0 Å². The fourth-order valence-corrected chi connectivity index (χ4v) is 2.73. The zero-order valence-electron chi connectivity index (χ0n) is 10.8. The van der Waals surface area contributed by atoms with Gasteiger partial charge in [0.15, 0.2) is 0 Å². The predicted molar refractivity (Wildman–Crippen MR) is 76.0 cm³/mol. The van der Waals surface area contributed by atoms with E-state index >= 15 is 0 Å². The van der Waals surface area contributed by atoms with Crippen LogP contribution in [0.25, 0.3) is 0 Å². The maximum absolute atomic E-state index is 12.2. The van der Waals surface area contributed by atoms with Crippen molar-refractivity contribution in [3.05, 3.63) is 71.3 Å². The summed E-state index contributed by atoms with van der Waals surface area (Å²) in [5.41, 5.74) is 3.37.